The van der Waals surface area contributed by atoms with Gasteiger partial charge in [0.15, 0.2) is 0 Å². The standard InChI is InChI=1S/2C8H16N.C3H5NO.ClH/c2*1-5-7-9(3,4)8-6-2;1-2-3(4)5;/h2*5-6H,1-2,7-8H2,3-4H3;2H,1H2,(H2,4,5);1H/q2*+1;;/p-2. The summed E-state index contributed by atoms with van der Waals surface area (Å²) in [7, 11) is 8.62. The molecule has 0 aromatic heterocycles. The first-order valence-corrected chi connectivity index (χ1v) is 7.47. The summed E-state index contributed by atoms with van der Waals surface area (Å²) >= 11 is 0. The van der Waals surface area contributed by atoms with Crippen LogP contribution in [0.2, 0.25) is 0 Å². The minimum absolute atomic E-state index is 0. The molecule has 0 bridgehead atoms. The van der Waals surface area contributed by atoms with E-state index in [0.717, 1.165) is 41.2 Å². The summed E-state index contributed by atoms with van der Waals surface area (Å²) in [5.41, 5.74) is 0. The lowest BCUT2D eigenvalue weighted by molar-refractivity contribution is -0.878. The van der Waals surface area contributed by atoms with Crippen LogP contribution < -0.4 is 17.5 Å². The average molecular weight is 358 g/mol. The molecular weight excluding hydrogens is 322 g/mol. The van der Waals surface area contributed by atoms with Gasteiger partial charge in [-0.15, -0.1) is 0 Å². The van der Waals surface area contributed by atoms with Crippen molar-refractivity contribution in [3.8, 4) is 0 Å². The first kappa shape index (κ1) is 30.3. The van der Waals surface area contributed by atoms with Crippen molar-refractivity contribution in [3.05, 3.63) is 63.3 Å². The highest BCUT2D eigenvalue weighted by Gasteiger charge is 2.08. The van der Waals surface area contributed by atoms with E-state index in [1.807, 2.05) is 24.3 Å². The molecule has 0 unspecified atom stereocenters. The number of likely N-dealkylation sites (N-methyl/N-ethyl adjacent to an activating group) is 2. The minimum Gasteiger partial charge on any atom is -1.00 e. The quantitative estimate of drug-likeness (QED) is 0.254. The van der Waals surface area contributed by atoms with Crippen molar-refractivity contribution in [2.75, 3.05) is 54.4 Å². The minimum atomic E-state index is -0.731. The lowest BCUT2D eigenvalue weighted by atomic mass is 10.4. The molecule has 0 fully saturated rings. The Morgan fingerprint density at radius 3 is 1.00 bits per heavy atom. The maximum absolute atomic E-state index is 9.36. The van der Waals surface area contributed by atoms with E-state index in [4.69, 9.17) is 5.41 Å². The molecule has 5 heteroatoms. The van der Waals surface area contributed by atoms with Crippen LogP contribution in [0.25, 0.3) is 0 Å². The summed E-state index contributed by atoms with van der Waals surface area (Å²) in [5, 5.41) is 15.4. The van der Waals surface area contributed by atoms with Gasteiger partial charge >= 0.3 is 0 Å². The first-order valence-electron chi connectivity index (χ1n) is 7.47. The highest BCUT2D eigenvalue weighted by molar-refractivity contribution is 5.79. The summed E-state index contributed by atoms with van der Waals surface area (Å²) in [6, 6.07) is 0. The molecule has 0 aromatic carbocycles. The normalized spacial score (nSPS) is 9.50. The number of hydrogen-bond donors (Lipinski definition) is 1. The van der Waals surface area contributed by atoms with Gasteiger partial charge in [0.05, 0.1) is 54.4 Å². The van der Waals surface area contributed by atoms with Crippen LogP contribution >= 0.6 is 0 Å². The molecule has 1 N–H and O–H groups in total. The summed E-state index contributed by atoms with van der Waals surface area (Å²) in [6.07, 6.45) is 8.68. The average Bonchev–Trinajstić information content (AvgIpc) is 2.39. The zero-order chi connectivity index (χ0) is 18.9. The molecule has 0 aliphatic rings. The Kier molecular flexibility index (Phi) is 22.4. The largest absolute Gasteiger partial charge is 1.00 e. The van der Waals surface area contributed by atoms with E-state index in [9.17, 15) is 5.11 Å². The van der Waals surface area contributed by atoms with Crippen molar-refractivity contribution >= 4 is 5.90 Å². The Hall–Kier alpha value is -1.62. The van der Waals surface area contributed by atoms with Crippen molar-refractivity contribution in [2.45, 2.75) is 0 Å². The Morgan fingerprint density at radius 2 is 0.917 bits per heavy atom. The lowest BCUT2D eigenvalue weighted by Gasteiger charge is -2.26. The van der Waals surface area contributed by atoms with Crippen LogP contribution in [0.1, 0.15) is 0 Å². The fraction of sp³-hybridized carbons (Fsp3) is 0.421. The van der Waals surface area contributed by atoms with Gasteiger partial charge in [0.1, 0.15) is 0 Å². The van der Waals surface area contributed by atoms with Gasteiger partial charge in [-0.3, -0.25) is 0 Å². The molecule has 0 aromatic rings. The molecule has 0 aliphatic heterocycles. The van der Waals surface area contributed by atoms with Crippen molar-refractivity contribution in [3.63, 3.8) is 0 Å². The predicted octanol–water partition coefficient (Wildman–Crippen LogP) is -0.616. The summed E-state index contributed by atoms with van der Waals surface area (Å²) in [4.78, 5) is 0. The third kappa shape index (κ3) is 28.5. The van der Waals surface area contributed by atoms with Crippen LogP contribution in [0.4, 0.5) is 0 Å². The lowest BCUT2D eigenvalue weighted by Crippen LogP contribution is -3.00. The topological polar surface area (TPSA) is 46.9 Å². The fourth-order valence-electron chi connectivity index (χ4n) is 1.55. The number of hydrogen-bond acceptors (Lipinski definition) is 2. The van der Waals surface area contributed by atoms with E-state index in [-0.39, 0.29) is 12.4 Å². The van der Waals surface area contributed by atoms with Crippen molar-refractivity contribution < 1.29 is 26.5 Å². The number of quaternary nitrogens is 2. The summed E-state index contributed by atoms with van der Waals surface area (Å²) in [6.45, 7) is 21.8. The molecule has 140 valence electrons. The maximum Gasteiger partial charge on any atom is 0.0969 e. The van der Waals surface area contributed by atoms with E-state index in [1.165, 1.54) is 0 Å². The number of halogens is 1. The van der Waals surface area contributed by atoms with E-state index in [1.54, 1.807) is 0 Å². The van der Waals surface area contributed by atoms with Gasteiger partial charge in [-0.05, 0) is 30.2 Å². The van der Waals surface area contributed by atoms with Crippen LogP contribution in [0.15, 0.2) is 63.3 Å². The van der Waals surface area contributed by atoms with Gasteiger partial charge in [0.25, 0.3) is 0 Å². The third-order valence-corrected chi connectivity index (χ3v) is 2.68. The second-order valence-electron chi connectivity index (χ2n) is 6.32. The second kappa shape index (κ2) is 17.7. The zero-order valence-electron chi connectivity index (χ0n) is 15.9. The van der Waals surface area contributed by atoms with Gasteiger partial charge in [-0.2, -0.15) is 0 Å². The third-order valence-electron chi connectivity index (χ3n) is 2.68. The Morgan fingerprint density at radius 1 is 0.750 bits per heavy atom. The Labute approximate surface area is 155 Å². The maximum atomic E-state index is 9.36. The van der Waals surface area contributed by atoms with Gasteiger partial charge in [-0.1, -0.05) is 39.0 Å². The van der Waals surface area contributed by atoms with Crippen molar-refractivity contribution in [1.82, 2.24) is 0 Å². The van der Waals surface area contributed by atoms with E-state index < -0.39 is 5.90 Å². The zero-order valence-corrected chi connectivity index (χ0v) is 16.7. The Bertz CT molecular complexity index is 336. The smallest absolute Gasteiger partial charge is 0.0969 e. The van der Waals surface area contributed by atoms with Crippen LogP contribution in [0, 0.1) is 5.41 Å². The van der Waals surface area contributed by atoms with Gasteiger partial charge < -0.3 is 31.9 Å². The summed E-state index contributed by atoms with van der Waals surface area (Å²) < 4.78 is 1.90. The van der Waals surface area contributed by atoms with Gasteiger partial charge in [0, 0.05) is 0 Å². The molecule has 0 aliphatic carbocycles. The van der Waals surface area contributed by atoms with Crippen molar-refractivity contribution in [1.29, 1.82) is 5.41 Å². The van der Waals surface area contributed by atoms with E-state index in [2.05, 4.69) is 61.1 Å². The SMILES string of the molecule is C=CC(=N)[O-].C=CC[N+](C)(C)CC=C.C=CC[N+](C)(C)CC=C.[Cl-]. The molecule has 0 rings (SSSR count). The van der Waals surface area contributed by atoms with Gasteiger partial charge in [0.2, 0.25) is 0 Å². The molecule has 0 amide bonds. The van der Waals surface area contributed by atoms with Crippen LogP contribution in [-0.2, 0) is 0 Å². The molecule has 4 nitrogen and oxygen atoms in total. The molecule has 0 radical (unpaired) electrons. The van der Waals surface area contributed by atoms with Crippen molar-refractivity contribution in [2.24, 2.45) is 0 Å². The molecule has 0 heterocycles. The molecule has 0 saturated carbocycles. The molecule has 0 atom stereocenters. The highest BCUT2D eigenvalue weighted by atomic mass is 35.5. The van der Waals surface area contributed by atoms with Crippen LogP contribution in [0.3, 0.4) is 0 Å². The van der Waals surface area contributed by atoms with Crippen LogP contribution in [-0.4, -0.2) is 69.2 Å². The van der Waals surface area contributed by atoms with Gasteiger partial charge in [-0.25, -0.2) is 0 Å². The van der Waals surface area contributed by atoms with E-state index in [0.29, 0.717) is 0 Å². The Balaban J connectivity index is -0.000000128. The first-order chi connectivity index (χ1) is 10.5. The predicted molar refractivity (Wildman–Crippen MR) is 102 cm³/mol. The molecule has 0 spiro atoms. The molecule has 0 saturated heterocycles. The highest BCUT2D eigenvalue weighted by Crippen LogP contribution is 1.95. The fourth-order valence-corrected chi connectivity index (χ4v) is 1.55. The second-order valence-corrected chi connectivity index (χ2v) is 6.32. The molecule has 24 heavy (non-hydrogen) atoms. The van der Waals surface area contributed by atoms with Crippen LogP contribution in [0.5, 0.6) is 0 Å². The molecular formula is C19H36ClN3O. The monoisotopic (exact) mass is 357 g/mol. The number of rotatable bonds is 9. The summed E-state index contributed by atoms with van der Waals surface area (Å²) in [5.74, 6) is -0.731. The number of nitrogens with one attached hydrogen (secondary N) is 1. The van der Waals surface area contributed by atoms with E-state index >= 15 is 0 Å². The number of nitrogens with zero attached hydrogens (tertiary/aromatic N) is 2.